The average Bonchev–Trinajstić information content (AvgIpc) is 2.99. The van der Waals surface area contributed by atoms with Gasteiger partial charge in [-0.25, -0.2) is 4.98 Å². The maximum absolute atomic E-state index is 6.38. The molecule has 0 atom stereocenters. The Morgan fingerprint density at radius 2 is 1.88 bits per heavy atom. The van der Waals surface area contributed by atoms with Gasteiger partial charge in [0.15, 0.2) is 5.65 Å². The van der Waals surface area contributed by atoms with E-state index in [0.29, 0.717) is 0 Å². The maximum Gasteiger partial charge on any atom is 0.165 e. The Morgan fingerprint density at radius 3 is 2.62 bits per heavy atom. The zero-order valence-electron chi connectivity index (χ0n) is 14.0. The summed E-state index contributed by atoms with van der Waals surface area (Å²) >= 11 is 6.38. The van der Waals surface area contributed by atoms with Crippen molar-refractivity contribution in [2.24, 2.45) is 0 Å². The molecule has 24 heavy (non-hydrogen) atoms. The van der Waals surface area contributed by atoms with Crippen molar-refractivity contribution >= 4 is 23.1 Å². The smallest absolute Gasteiger partial charge is 0.165 e. The van der Waals surface area contributed by atoms with Crippen LogP contribution < -0.4 is 9.80 Å². The van der Waals surface area contributed by atoms with Crippen LogP contribution >= 0.6 is 11.6 Å². The molecule has 0 radical (unpaired) electrons. The number of aryl methyl sites for hydroxylation is 1. The summed E-state index contributed by atoms with van der Waals surface area (Å²) in [6.45, 7) is 6.38. The lowest BCUT2D eigenvalue weighted by Crippen LogP contribution is -3.12. The van der Waals surface area contributed by atoms with E-state index in [0.717, 1.165) is 59.5 Å². The molecule has 0 bridgehead atoms. The number of anilines is 1. The van der Waals surface area contributed by atoms with Crippen molar-refractivity contribution in [3.05, 3.63) is 47.2 Å². The number of halogens is 1. The fraction of sp³-hybridized carbons (Fsp3) is 0.333. The van der Waals surface area contributed by atoms with Crippen LogP contribution in [0.3, 0.4) is 0 Å². The Labute approximate surface area is 146 Å². The first-order chi connectivity index (χ1) is 11.6. The lowest BCUT2D eigenvalue weighted by molar-refractivity contribution is -0.880. The monoisotopic (exact) mass is 342 g/mol. The largest absolute Gasteiger partial charge is 0.345 e. The molecule has 1 aromatic carbocycles. The Bertz CT molecular complexity index is 880. The third-order valence-corrected chi connectivity index (χ3v) is 5.02. The summed E-state index contributed by atoms with van der Waals surface area (Å²) in [5.74, 6) is 1.11. The number of quaternary nitrogens is 1. The molecule has 0 spiro atoms. The van der Waals surface area contributed by atoms with Crippen LogP contribution in [0.2, 0.25) is 5.02 Å². The van der Waals surface area contributed by atoms with Crippen LogP contribution in [0.25, 0.3) is 16.8 Å². The molecule has 1 N–H and O–H groups in total. The molecule has 0 amide bonds. The lowest BCUT2D eigenvalue weighted by Gasteiger charge is -2.31. The first kappa shape index (κ1) is 15.4. The summed E-state index contributed by atoms with van der Waals surface area (Å²) < 4.78 is 1.95. The minimum absolute atomic E-state index is 0.723. The summed E-state index contributed by atoms with van der Waals surface area (Å²) in [6.07, 6.45) is 1.87. The third-order valence-electron chi connectivity index (χ3n) is 4.69. The number of fused-ring (bicyclic) bond motifs is 1. The second-order valence-electron chi connectivity index (χ2n) is 6.47. The molecule has 4 rings (SSSR count). The average molecular weight is 343 g/mol. The molecule has 1 aliphatic heterocycles. The van der Waals surface area contributed by atoms with Crippen molar-refractivity contribution in [1.29, 1.82) is 0 Å². The highest BCUT2D eigenvalue weighted by Gasteiger charge is 2.21. The van der Waals surface area contributed by atoms with Gasteiger partial charge in [-0.15, -0.1) is 0 Å². The zero-order valence-corrected chi connectivity index (χ0v) is 14.7. The van der Waals surface area contributed by atoms with E-state index in [2.05, 4.69) is 23.1 Å². The Hall–Kier alpha value is -2.11. The Morgan fingerprint density at radius 1 is 1.12 bits per heavy atom. The van der Waals surface area contributed by atoms with Crippen LogP contribution in [0, 0.1) is 6.92 Å². The van der Waals surface area contributed by atoms with E-state index in [-0.39, 0.29) is 0 Å². The quantitative estimate of drug-likeness (QED) is 0.770. The molecule has 0 aliphatic carbocycles. The van der Waals surface area contributed by atoms with E-state index in [9.17, 15) is 0 Å². The van der Waals surface area contributed by atoms with E-state index in [1.807, 2.05) is 41.9 Å². The van der Waals surface area contributed by atoms with Gasteiger partial charge in [-0.05, 0) is 13.0 Å². The maximum atomic E-state index is 6.38. The van der Waals surface area contributed by atoms with E-state index in [1.54, 1.807) is 4.90 Å². The van der Waals surface area contributed by atoms with Gasteiger partial charge in [0.2, 0.25) is 0 Å². The summed E-state index contributed by atoms with van der Waals surface area (Å²) in [7, 11) is 2.24. The van der Waals surface area contributed by atoms with Crippen molar-refractivity contribution in [2.75, 3.05) is 38.1 Å². The third kappa shape index (κ3) is 2.64. The molecule has 3 aromatic rings. The van der Waals surface area contributed by atoms with Crippen molar-refractivity contribution < 1.29 is 4.90 Å². The first-order valence-electron chi connectivity index (χ1n) is 8.30. The molecule has 6 heteroatoms. The molecule has 1 aliphatic rings. The molecule has 2 aromatic heterocycles. The predicted molar refractivity (Wildman–Crippen MR) is 97.0 cm³/mol. The van der Waals surface area contributed by atoms with Crippen LogP contribution in [0.4, 0.5) is 5.82 Å². The highest BCUT2D eigenvalue weighted by atomic mass is 35.5. The molecular weight excluding hydrogens is 322 g/mol. The molecule has 3 heterocycles. The van der Waals surface area contributed by atoms with Crippen molar-refractivity contribution in [1.82, 2.24) is 14.6 Å². The number of aromatic nitrogens is 3. The van der Waals surface area contributed by atoms with E-state index in [4.69, 9.17) is 16.6 Å². The molecule has 5 nitrogen and oxygen atoms in total. The molecule has 1 fully saturated rings. The normalized spacial score (nSPS) is 16.0. The summed E-state index contributed by atoms with van der Waals surface area (Å²) in [4.78, 5) is 8.71. The van der Waals surface area contributed by atoms with Crippen LogP contribution in [-0.2, 0) is 0 Å². The Kier molecular flexibility index (Phi) is 3.90. The van der Waals surface area contributed by atoms with Gasteiger partial charge in [0.1, 0.15) is 5.82 Å². The summed E-state index contributed by atoms with van der Waals surface area (Å²) in [6, 6.07) is 9.97. The number of piperazine rings is 1. The summed E-state index contributed by atoms with van der Waals surface area (Å²) in [5, 5.41) is 5.34. The minimum Gasteiger partial charge on any atom is -0.345 e. The van der Waals surface area contributed by atoms with E-state index < -0.39 is 0 Å². The number of hydrogen-bond donors (Lipinski definition) is 1. The number of rotatable bonds is 2. The predicted octanol–water partition coefficient (Wildman–Crippen LogP) is 1.69. The molecular formula is C18H21ClN5+. The Balaban J connectivity index is 1.85. The number of likely N-dealkylation sites (N-methyl/N-ethyl adjacent to an activating group) is 1. The molecule has 1 saturated heterocycles. The fourth-order valence-corrected chi connectivity index (χ4v) is 3.51. The standard InChI is InChI=1S/C18H20ClN5/c1-13-11-17(23-9-7-22(2)8-10-23)24-18(21-13)15(12-20-24)14-5-3-4-6-16(14)19/h3-6,11-12H,7-10H2,1-2H3/p+1. The number of benzene rings is 1. The number of nitrogens with one attached hydrogen (secondary N) is 1. The first-order valence-corrected chi connectivity index (χ1v) is 8.68. The lowest BCUT2D eigenvalue weighted by atomic mass is 10.1. The van der Waals surface area contributed by atoms with Crippen molar-refractivity contribution in [3.63, 3.8) is 0 Å². The van der Waals surface area contributed by atoms with Gasteiger partial charge in [-0.1, -0.05) is 29.8 Å². The number of hydrogen-bond acceptors (Lipinski definition) is 3. The van der Waals surface area contributed by atoms with Gasteiger partial charge >= 0.3 is 0 Å². The van der Waals surface area contributed by atoms with Gasteiger partial charge in [0.05, 0.1) is 39.4 Å². The number of nitrogens with zero attached hydrogens (tertiary/aromatic N) is 4. The molecule has 0 unspecified atom stereocenters. The van der Waals surface area contributed by atoms with E-state index in [1.165, 1.54) is 0 Å². The second kappa shape index (κ2) is 6.07. The van der Waals surface area contributed by atoms with Crippen molar-refractivity contribution in [2.45, 2.75) is 6.92 Å². The highest BCUT2D eigenvalue weighted by Crippen LogP contribution is 2.31. The van der Waals surface area contributed by atoms with E-state index >= 15 is 0 Å². The van der Waals surface area contributed by atoms with Gasteiger partial charge in [-0.3, -0.25) is 0 Å². The van der Waals surface area contributed by atoms with Crippen LogP contribution in [-0.4, -0.2) is 47.8 Å². The van der Waals surface area contributed by atoms with Crippen LogP contribution in [0.1, 0.15) is 5.69 Å². The second-order valence-corrected chi connectivity index (χ2v) is 6.88. The molecule has 0 saturated carbocycles. The van der Waals surface area contributed by atoms with Gasteiger partial charge in [0, 0.05) is 27.9 Å². The highest BCUT2D eigenvalue weighted by molar-refractivity contribution is 6.33. The summed E-state index contributed by atoms with van der Waals surface area (Å²) in [5.41, 5.74) is 3.81. The SMILES string of the molecule is Cc1cc(N2CC[NH+](C)CC2)n2ncc(-c3ccccc3Cl)c2n1. The van der Waals surface area contributed by atoms with Crippen molar-refractivity contribution in [3.8, 4) is 11.1 Å². The van der Waals surface area contributed by atoms with Crippen LogP contribution in [0.5, 0.6) is 0 Å². The fourth-order valence-electron chi connectivity index (χ4n) is 3.28. The zero-order chi connectivity index (χ0) is 16.7. The van der Waals surface area contributed by atoms with Gasteiger partial charge in [-0.2, -0.15) is 9.61 Å². The van der Waals surface area contributed by atoms with Crippen LogP contribution in [0.15, 0.2) is 36.5 Å². The minimum atomic E-state index is 0.723. The topological polar surface area (TPSA) is 37.9 Å². The molecule has 124 valence electrons. The van der Waals surface area contributed by atoms with Gasteiger partial charge in [0.25, 0.3) is 0 Å². The van der Waals surface area contributed by atoms with Gasteiger partial charge < -0.3 is 9.80 Å².